The molecule has 0 radical (unpaired) electrons. The summed E-state index contributed by atoms with van der Waals surface area (Å²) >= 11 is 23.7. The highest BCUT2D eigenvalue weighted by Gasteiger charge is 2.34. The molecule has 0 aliphatic heterocycles. The minimum absolute atomic E-state index is 0.0537. The van der Waals surface area contributed by atoms with Crippen molar-refractivity contribution in [3.63, 3.8) is 0 Å². The van der Waals surface area contributed by atoms with E-state index in [4.69, 9.17) is 46.4 Å². The largest absolute Gasteiger partial charge is 0.416 e. The first-order valence-electron chi connectivity index (χ1n) is 8.54. The van der Waals surface area contributed by atoms with Gasteiger partial charge < -0.3 is 10.4 Å². The second-order valence-electron chi connectivity index (χ2n) is 6.39. The van der Waals surface area contributed by atoms with E-state index in [0.29, 0.717) is 16.8 Å². The molecule has 8 nitrogen and oxygen atoms in total. The summed E-state index contributed by atoms with van der Waals surface area (Å²) in [5.41, 5.74) is -2.34. The molecule has 3 rings (SSSR count). The number of benzene rings is 2. The molecule has 1 amide bonds. The molecule has 1 unspecified atom stereocenters. The number of alkyl halides is 3. The van der Waals surface area contributed by atoms with Gasteiger partial charge in [0.15, 0.2) is 6.10 Å². The fraction of sp³-hybridized carbons (Fsp3) is 0.111. The predicted octanol–water partition coefficient (Wildman–Crippen LogP) is 6.09. The van der Waals surface area contributed by atoms with E-state index in [1.165, 1.54) is 18.2 Å². The summed E-state index contributed by atoms with van der Waals surface area (Å²) in [7, 11) is 0. The average molecular weight is 544 g/mol. The predicted molar refractivity (Wildman–Crippen MR) is 115 cm³/mol. The van der Waals surface area contributed by atoms with Crippen molar-refractivity contribution in [2.75, 3.05) is 5.32 Å². The number of carbonyl (C=O) groups excluding carboxylic acids is 1. The molecular formula is C18H9Cl4F3N4O4. The third-order valence-corrected chi connectivity index (χ3v) is 5.39. The second-order valence-corrected chi connectivity index (χ2v) is 8.05. The zero-order valence-corrected chi connectivity index (χ0v) is 18.7. The van der Waals surface area contributed by atoms with Crippen LogP contribution in [0, 0.1) is 10.1 Å². The molecule has 174 valence electrons. The lowest BCUT2D eigenvalue weighted by atomic mass is 10.1. The van der Waals surface area contributed by atoms with Gasteiger partial charge in [0.05, 0.1) is 20.5 Å². The molecular weight excluding hydrogens is 535 g/mol. The summed E-state index contributed by atoms with van der Waals surface area (Å²) in [4.78, 5) is 23.1. The SMILES string of the molecule is O=C(Nc1c([N+](=O)[O-])cnn1-c1c(Cl)cc(C(F)(F)F)cc1Cl)C(O)c1ccc(Cl)cc1Cl. The van der Waals surface area contributed by atoms with Crippen molar-refractivity contribution in [1.82, 2.24) is 9.78 Å². The van der Waals surface area contributed by atoms with Gasteiger partial charge in [-0.15, -0.1) is 0 Å². The maximum atomic E-state index is 13.0. The van der Waals surface area contributed by atoms with Crippen LogP contribution >= 0.6 is 46.4 Å². The Balaban J connectivity index is 2.06. The van der Waals surface area contributed by atoms with Crippen LogP contribution < -0.4 is 5.32 Å². The lowest BCUT2D eigenvalue weighted by Crippen LogP contribution is -2.23. The molecule has 1 aromatic heterocycles. The Hall–Kier alpha value is -2.57. The molecule has 0 aliphatic rings. The van der Waals surface area contributed by atoms with E-state index < -0.39 is 50.2 Å². The molecule has 3 aromatic rings. The summed E-state index contributed by atoms with van der Waals surface area (Å²) in [6.45, 7) is 0. The number of carbonyl (C=O) groups is 1. The summed E-state index contributed by atoms with van der Waals surface area (Å²) in [6.07, 6.45) is -5.93. The number of rotatable bonds is 5. The van der Waals surface area contributed by atoms with Crippen LogP contribution in [0.15, 0.2) is 36.5 Å². The molecule has 0 aliphatic carbocycles. The summed E-state index contributed by atoms with van der Waals surface area (Å²) in [5.74, 6) is -1.78. The number of hydrogen-bond acceptors (Lipinski definition) is 5. The van der Waals surface area contributed by atoms with Crippen molar-refractivity contribution in [1.29, 1.82) is 0 Å². The van der Waals surface area contributed by atoms with Crippen LogP contribution in [0.3, 0.4) is 0 Å². The quantitative estimate of drug-likeness (QED) is 0.299. The molecule has 33 heavy (non-hydrogen) atoms. The number of anilines is 1. The number of nitrogens with zero attached hydrogens (tertiary/aromatic N) is 3. The highest BCUT2D eigenvalue weighted by molar-refractivity contribution is 6.38. The summed E-state index contributed by atoms with van der Waals surface area (Å²) < 4.78 is 39.7. The molecule has 1 atom stereocenters. The number of amides is 1. The standard InChI is InChI=1S/C18H9Cl4F3N4O4/c19-8-1-2-9(10(20)5-8)15(30)17(31)27-16-13(29(32)33)6-26-28(16)14-11(21)3-7(4-12(14)22)18(23,24)25/h1-6,15,30H,(H,27,31). The van der Waals surface area contributed by atoms with Gasteiger partial charge in [0.2, 0.25) is 5.82 Å². The summed E-state index contributed by atoms with van der Waals surface area (Å²) in [6, 6.07) is 4.98. The fourth-order valence-corrected chi connectivity index (χ4v) is 3.90. The van der Waals surface area contributed by atoms with Gasteiger partial charge in [-0.25, -0.2) is 4.68 Å². The molecule has 0 spiro atoms. The van der Waals surface area contributed by atoms with Crippen LogP contribution in [-0.4, -0.2) is 25.7 Å². The van der Waals surface area contributed by atoms with Crippen LogP contribution in [0.1, 0.15) is 17.2 Å². The highest BCUT2D eigenvalue weighted by atomic mass is 35.5. The summed E-state index contributed by atoms with van der Waals surface area (Å²) in [5, 5.41) is 26.7. The van der Waals surface area contributed by atoms with Crippen molar-refractivity contribution in [2.45, 2.75) is 12.3 Å². The van der Waals surface area contributed by atoms with E-state index in [2.05, 4.69) is 10.4 Å². The number of aliphatic hydroxyl groups excluding tert-OH is 1. The fourth-order valence-electron chi connectivity index (χ4n) is 2.74. The Bertz CT molecular complexity index is 1240. The Morgan fingerprint density at radius 3 is 2.24 bits per heavy atom. The van der Waals surface area contributed by atoms with Crippen LogP contribution in [0.5, 0.6) is 0 Å². The van der Waals surface area contributed by atoms with Crippen LogP contribution in [0.25, 0.3) is 5.69 Å². The number of hydrogen-bond donors (Lipinski definition) is 2. The van der Waals surface area contributed by atoms with Gasteiger partial charge in [0.1, 0.15) is 11.9 Å². The monoisotopic (exact) mass is 542 g/mol. The normalized spacial score (nSPS) is 12.5. The lowest BCUT2D eigenvalue weighted by Gasteiger charge is -2.16. The van der Waals surface area contributed by atoms with E-state index >= 15 is 0 Å². The molecule has 0 bridgehead atoms. The van der Waals surface area contributed by atoms with Crippen LogP contribution in [-0.2, 0) is 11.0 Å². The molecule has 2 N–H and O–H groups in total. The number of aliphatic hydroxyl groups is 1. The molecule has 0 saturated carbocycles. The van der Waals surface area contributed by atoms with Crippen molar-refractivity contribution < 1.29 is 28.0 Å². The minimum Gasteiger partial charge on any atom is -0.378 e. The Labute approximate surface area is 202 Å². The third-order valence-electron chi connectivity index (χ3n) is 4.25. The number of halogens is 7. The van der Waals surface area contributed by atoms with Gasteiger partial charge in [-0.1, -0.05) is 52.5 Å². The first-order chi connectivity index (χ1) is 15.3. The second kappa shape index (κ2) is 9.35. The van der Waals surface area contributed by atoms with Crippen molar-refractivity contribution in [3.05, 3.63) is 77.9 Å². The highest BCUT2D eigenvalue weighted by Crippen LogP contribution is 2.40. The Morgan fingerprint density at radius 2 is 1.73 bits per heavy atom. The van der Waals surface area contributed by atoms with Gasteiger partial charge in [-0.2, -0.15) is 18.3 Å². The molecule has 2 aromatic carbocycles. The van der Waals surface area contributed by atoms with Gasteiger partial charge in [-0.3, -0.25) is 14.9 Å². The number of nitro groups is 1. The van der Waals surface area contributed by atoms with Crippen molar-refractivity contribution in [2.24, 2.45) is 0 Å². The first-order valence-corrected chi connectivity index (χ1v) is 10.0. The molecule has 0 fully saturated rings. The molecule has 0 saturated heterocycles. The minimum atomic E-state index is -4.76. The zero-order valence-electron chi connectivity index (χ0n) is 15.7. The first kappa shape index (κ1) is 25.1. The van der Waals surface area contributed by atoms with Crippen molar-refractivity contribution >= 4 is 63.8 Å². The zero-order chi connectivity index (χ0) is 24.7. The van der Waals surface area contributed by atoms with Gasteiger partial charge in [0, 0.05) is 15.6 Å². The molecule has 1 heterocycles. The van der Waals surface area contributed by atoms with Gasteiger partial charge in [-0.05, 0) is 24.3 Å². The smallest absolute Gasteiger partial charge is 0.378 e. The maximum absolute atomic E-state index is 13.0. The lowest BCUT2D eigenvalue weighted by molar-refractivity contribution is -0.384. The Kier molecular flexibility index (Phi) is 7.10. The van der Waals surface area contributed by atoms with Crippen LogP contribution in [0.4, 0.5) is 24.7 Å². The molecule has 15 heteroatoms. The van der Waals surface area contributed by atoms with E-state index in [1.807, 2.05) is 0 Å². The average Bonchev–Trinajstić information content (AvgIpc) is 3.09. The van der Waals surface area contributed by atoms with E-state index in [1.54, 1.807) is 0 Å². The third kappa shape index (κ3) is 5.17. The van der Waals surface area contributed by atoms with Gasteiger partial charge in [0.25, 0.3) is 5.91 Å². The van der Waals surface area contributed by atoms with E-state index in [9.17, 15) is 33.2 Å². The number of aromatic nitrogens is 2. The Morgan fingerprint density at radius 1 is 1.12 bits per heavy atom. The number of nitrogens with one attached hydrogen (secondary N) is 1. The topological polar surface area (TPSA) is 110 Å². The van der Waals surface area contributed by atoms with E-state index in [0.717, 1.165) is 6.20 Å². The van der Waals surface area contributed by atoms with Crippen LogP contribution in [0.2, 0.25) is 20.1 Å². The van der Waals surface area contributed by atoms with E-state index in [-0.39, 0.29) is 21.3 Å². The van der Waals surface area contributed by atoms with Gasteiger partial charge >= 0.3 is 11.9 Å². The van der Waals surface area contributed by atoms with Crippen molar-refractivity contribution in [3.8, 4) is 5.69 Å². The maximum Gasteiger partial charge on any atom is 0.416 e.